The van der Waals surface area contributed by atoms with Crippen LogP contribution >= 0.6 is 0 Å². The third-order valence-corrected chi connectivity index (χ3v) is 5.62. The minimum Gasteiger partial charge on any atom is -0.382 e. The van der Waals surface area contributed by atoms with Gasteiger partial charge in [0.15, 0.2) is 0 Å². The SMILES string of the molecule is C1=c2ccccc2=CN2B1c1cc3ccccc3cc1-c1ccccc12. The van der Waals surface area contributed by atoms with Crippen LogP contribution in [0.15, 0.2) is 84.9 Å². The van der Waals surface area contributed by atoms with E-state index < -0.39 is 0 Å². The second kappa shape index (κ2) is 5.12. The zero-order valence-electron chi connectivity index (χ0n) is 14.3. The summed E-state index contributed by atoms with van der Waals surface area (Å²) >= 11 is 0. The molecule has 0 saturated carbocycles. The molecule has 1 nitrogen and oxygen atoms in total. The van der Waals surface area contributed by atoms with Gasteiger partial charge >= 0.3 is 6.85 Å². The first kappa shape index (κ1) is 14.0. The highest BCUT2D eigenvalue weighted by molar-refractivity contribution is 6.91. The quantitative estimate of drug-likeness (QED) is 0.448. The van der Waals surface area contributed by atoms with E-state index in [9.17, 15) is 0 Å². The van der Waals surface area contributed by atoms with Crippen LogP contribution in [0.4, 0.5) is 5.69 Å². The van der Waals surface area contributed by atoms with Gasteiger partial charge in [0.2, 0.25) is 0 Å². The molecule has 0 unspecified atom stereocenters. The predicted octanol–water partition coefficient (Wildman–Crippen LogP) is 3.30. The maximum absolute atomic E-state index is 2.43. The van der Waals surface area contributed by atoms with Gasteiger partial charge in [-0.15, -0.1) is 0 Å². The molecule has 6 rings (SSSR count). The van der Waals surface area contributed by atoms with Crippen LogP contribution in [0.3, 0.4) is 0 Å². The lowest BCUT2D eigenvalue weighted by atomic mass is 9.49. The molecule has 2 heteroatoms. The van der Waals surface area contributed by atoms with E-state index in [-0.39, 0.29) is 6.85 Å². The Morgan fingerprint density at radius 2 is 1.31 bits per heavy atom. The highest BCUT2D eigenvalue weighted by Gasteiger charge is 2.33. The average Bonchev–Trinajstić information content (AvgIpc) is 2.71. The molecule has 0 amide bonds. The lowest BCUT2D eigenvalue weighted by Crippen LogP contribution is -2.53. The Labute approximate surface area is 152 Å². The van der Waals surface area contributed by atoms with E-state index in [4.69, 9.17) is 0 Å². The highest BCUT2D eigenvalue weighted by Crippen LogP contribution is 2.37. The van der Waals surface area contributed by atoms with E-state index in [1.54, 1.807) is 0 Å². The molecule has 120 valence electrons. The molecule has 0 bridgehead atoms. The van der Waals surface area contributed by atoms with Crippen molar-refractivity contribution in [3.63, 3.8) is 0 Å². The minimum absolute atomic E-state index is 0.236. The molecule has 0 aromatic heterocycles. The van der Waals surface area contributed by atoms with E-state index in [0.717, 1.165) is 0 Å². The summed E-state index contributed by atoms with van der Waals surface area (Å²) in [5.74, 6) is 2.40. The molecule has 2 heterocycles. The van der Waals surface area contributed by atoms with Crippen molar-refractivity contribution in [3.8, 4) is 11.1 Å². The Morgan fingerprint density at radius 1 is 0.615 bits per heavy atom. The molecule has 0 N–H and O–H groups in total. The molecule has 0 saturated heterocycles. The molecule has 0 fully saturated rings. The summed E-state index contributed by atoms with van der Waals surface area (Å²) in [6.07, 6.45) is 2.30. The third-order valence-electron chi connectivity index (χ3n) is 5.62. The van der Waals surface area contributed by atoms with Gasteiger partial charge in [0, 0.05) is 11.3 Å². The number of rotatable bonds is 0. The van der Waals surface area contributed by atoms with Crippen LogP contribution in [0.1, 0.15) is 0 Å². The van der Waals surface area contributed by atoms with Crippen LogP contribution in [0, 0.1) is 0 Å². The van der Waals surface area contributed by atoms with Gasteiger partial charge in [-0.3, -0.25) is 0 Å². The van der Waals surface area contributed by atoms with Crippen molar-refractivity contribution in [2.24, 2.45) is 0 Å². The average molecular weight is 329 g/mol. The maximum atomic E-state index is 2.43. The van der Waals surface area contributed by atoms with Crippen LogP contribution in [-0.4, -0.2) is 6.85 Å². The van der Waals surface area contributed by atoms with Gasteiger partial charge in [0.05, 0.1) is 0 Å². The number of anilines is 1. The topological polar surface area (TPSA) is 3.24 Å². The fourth-order valence-corrected chi connectivity index (χ4v) is 4.38. The molecule has 4 aromatic rings. The molecule has 0 atom stereocenters. The normalized spacial score (nSPS) is 13.8. The molecular formula is C24H16BN. The number of hydrogen-bond acceptors (Lipinski definition) is 1. The molecular weight excluding hydrogens is 313 g/mol. The van der Waals surface area contributed by atoms with Crippen molar-refractivity contribution < 1.29 is 0 Å². The summed E-state index contributed by atoms with van der Waals surface area (Å²) in [7, 11) is 0. The first-order valence-electron chi connectivity index (χ1n) is 9.08. The summed E-state index contributed by atoms with van der Waals surface area (Å²) in [6.45, 7) is 0.236. The fourth-order valence-electron chi connectivity index (χ4n) is 4.38. The number of benzene rings is 4. The fraction of sp³-hybridized carbons (Fsp3) is 0. The van der Waals surface area contributed by atoms with Gasteiger partial charge in [-0.1, -0.05) is 78.8 Å². The zero-order chi connectivity index (χ0) is 17.1. The van der Waals surface area contributed by atoms with E-state index in [1.807, 2.05) is 0 Å². The molecule has 26 heavy (non-hydrogen) atoms. The largest absolute Gasteiger partial charge is 0.382 e. The predicted molar refractivity (Wildman–Crippen MR) is 112 cm³/mol. The van der Waals surface area contributed by atoms with Gasteiger partial charge in [0.1, 0.15) is 0 Å². The Kier molecular flexibility index (Phi) is 2.75. The third kappa shape index (κ3) is 1.87. The standard InChI is InChI=1S/C24H16BN/c1-2-8-18-14-23-22(13-17(18)7-1)21-11-5-6-12-24(21)26-16-20-10-4-3-9-19(20)15-25(23)26/h1-16H. The second-order valence-corrected chi connectivity index (χ2v) is 7.08. The van der Waals surface area contributed by atoms with Gasteiger partial charge < -0.3 is 4.81 Å². The van der Waals surface area contributed by atoms with Crippen molar-refractivity contribution in [1.82, 2.24) is 0 Å². The number of para-hydroxylation sites is 1. The Hall–Kier alpha value is -3.26. The van der Waals surface area contributed by atoms with Crippen LogP contribution in [-0.2, 0) is 0 Å². The summed E-state index contributed by atoms with van der Waals surface area (Å²) in [4.78, 5) is 2.43. The van der Waals surface area contributed by atoms with Gasteiger partial charge in [0.25, 0.3) is 0 Å². The van der Waals surface area contributed by atoms with Crippen LogP contribution in [0.25, 0.3) is 34.1 Å². The smallest absolute Gasteiger partial charge is 0.321 e. The van der Waals surface area contributed by atoms with Crippen molar-refractivity contribution in [2.75, 3.05) is 4.81 Å². The van der Waals surface area contributed by atoms with Crippen molar-refractivity contribution in [1.29, 1.82) is 0 Å². The summed E-state index contributed by atoms with van der Waals surface area (Å²) < 4.78 is 0. The number of fused-ring (bicyclic) bond motifs is 8. The monoisotopic (exact) mass is 329 g/mol. The van der Waals surface area contributed by atoms with Crippen molar-refractivity contribution in [3.05, 3.63) is 95.4 Å². The van der Waals surface area contributed by atoms with E-state index in [1.165, 1.54) is 43.5 Å². The van der Waals surface area contributed by atoms with Crippen LogP contribution < -0.4 is 20.7 Å². The van der Waals surface area contributed by atoms with Crippen molar-refractivity contribution >= 4 is 40.9 Å². The molecule has 2 aliphatic heterocycles. The van der Waals surface area contributed by atoms with Crippen molar-refractivity contribution in [2.45, 2.75) is 0 Å². The molecule has 0 spiro atoms. The number of nitrogens with zero attached hydrogens (tertiary/aromatic N) is 1. The molecule has 0 radical (unpaired) electrons. The van der Waals surface area contributed by atoms with Gasteiger partial charge in [-0.2, -0.15) is 0 Å². The van der Waals surface area contributed by atoms with Crippen LogP contribution in [0.2, 0.25) is 0 Å². The minimum atomic E-state index is 0.236. The first-order chi connectivity index (χ1) is 12.9. The van der Waals surface area contributed by atoms with E-state index in [0.29, 0.717) is 0 Å². The lowest BCUT2D eigenvalue weighted by molar-refractivity contribution is 1.39. The first-order valence-corrected chi connectivity index (χ1v) is 9.08. The summed E-state index contributed by atoms with van der Waals surface area (Å²) in [6, 6.07) is 30.8. The Bertz CT molecular complexity index is 1310. The highest BCUT2D eigenvalue weighted by atomic mass is 15.1. The van der Waals surface area contributed by atoms with Crippen LogP contribution in [0.5, 0.6) is 0 Å². The van der Waals surface area contributed by atoms with Gasteiger partial charge in [-0.25, -0.2) is 0 Å². The second-order valence-electron chi connectivity index (χ2n) is 7.08. The molecule has 0 aliphatic carbocycles. The summed E-state index contributed by atoms with van der Waals surface area (Å²) in [5, 5.41) is 5.20. The number of hydrogen-bond donors (Lipinski definition) is 0. The van der Waals surface area contributed by atoms with Gasteiger partial charge in [-0.05, 0) is 50.6 Å². The molecule has 2 aliphatic rings. The Morgan fingerprint density at radius 3 is 2.19 bits per heavy atom. The summed E-state index contributed by atoms with van der Waals surface area (Å²) in [5.41, 5.74) is 5.33. The Balaban J connectivity index is 1.74. The molecule has 4 aromatic carbocycles. The van der Waals surface area contributed by atoms with E-state index >= 15 is 0 Å². The zero-order valence-corrected chi connectivity index (χ0v) is 14.3. The maximum Gasteiger partial charge on any atom is 0.321 e. The lowest BCUT2D eigenvalue weighted by Gasteiger charge is -2.36. The van der Waals surface area contributed by atoms with E-state index in [2.05, 4.69) is 102 Å².